The van der Waals surface area contributed by atoms with Crippen LogP contribution in [0.5, 0.6) is 0 Å². The van der Waals surface area contributed by atoms with Crippen LogP contribution in [0.4, 0.5) is 14.9 Å². The number of nitrogens with zero attached hydrogens (tertiary/aromatic N) is 1. The van der Waals surface area contributed by atoms with Crippen molar-refractivity contribution in [2.75, 3.05) is 11.9 Å². The van der Waals surface area contributed by atoms with Crippen LogP contribution in [-0.4, -0.2) is 35.0 Å². The molecule has 0 saturated heterocycles. The maximum atomic E-state index is 15.3. The van der Waals surface area contributed by atoms with E-state index in [9.17, 15) is 14.4 Å². The number of hydrogen-bond acceptors (Lipinski definition) is 4. The first-order valence-electron chi connectivity index (χ1n) is 7.75. The van der Waals surface area contributed by atoms with Gasteiger partial charge in [-0.1, -0.05) is 11.6 Å². The minimum atomic E-state index is -2.38. The molecule has 1 N–H and O–H groups in total. The van der Waals surface area contributed by atoms with Gasteiger partial charge in [0, 0.05) is 36.2 Å². The van der Waals surface area contributed by atoms with E-state index in [2.05, 4.69) is 5.32 Å². The highest BCUT2D eigenvalue weighted by molar-refractivity contribution is 6.31. The molecule has 1 aliphatic rings. The fraction of sp³-hybridized carbons (Fsp3) is 0.471. The predicted octanol–water partition coefficient (Wildman–Crippen LogP) is 3.63. The van der Waals surface area contributed by atoms with E-state index in [1.165, 1.54) is 25.1 Å². The number of benzene rings is 1. The number of hydrogen-bond donors (Lipinski definition) is 1. The maximum absolute atomic E-state index is 15.3. The second-order valence-corrected chi connectivity index (χ2v) is 7.28. The van der Waals surface area contributed by atoms with Gasteiger partial charge < -0.3 is 10.1 Å². The molecule has 1 aromatic rings. The zero-order valence-electron chi connectivity index (χ0n) is 14.5. The van der Waals surface area contributed by atoms with Crippen LogP contribution < -0.4 is 5.32 Å². The third kappa shape index (κ3) is 4.10. The molecule has 136 valence electrons. The number of imide groups is 1. The molecule has 0 saturated carbocycles. The van der Waals surface area contributed by atoms with E-state index in [0.29, 0.717) is 5.69 Å². The molecule has 1 atom stereocenters. The Kier molecular flexibility index (Phi) is 5.09. The molecule has 25 heavy (non-hydrogen) atoms. The van der Waals surface area contributed by atoms with Gasteiger partial charge >= 0.3 is 6.09 Å². The lowest BCUT2D eigenvalue weighted by atomic mass is 9.93. The summed E-state index contributed by atoms with van der Waals surface area (Å²) in [6, 6.07) is 4.41. The van der Waals surface area contributed by atoms with Crippen molar-refractivity contribution in [1.29, 1.82) is 0 Å². The van der Waals surface area contributed by atoms with Crippen molar-refractivity contribution >= 4 is 35.2 Å². The first-order valence-corrected chi connectivity index (χ1v) is 8.13. The normalized spacial score (nSPS) is 19.2. The monoisotopic (exact) mass is 370 g/mol. The summed E-state index contributed by atoms with van der Waals surface area (Å²) >= 11 is 5.89. The second-order valence-electron chi connectivity index (χ2n) is 6.85. The van der Waals surface area contributed by atoms with Gasteiger partial charge in [-0.25, -0.2) is 14.1 Å². The van der Waals surface area contributed by atoms with Gasteiger partial charge in [-0.2, -0.15) is 0 Å². The Labute approximate surface area is 150 Å². The van der Waals surface area contributed by atoms with Crippen molar-refractivity contribution in [3.63, 3.8) is 0 Å². The minimum absolute atomic E-state index is 0.0951. The van der Waals surface area contributed by atoms with Gasteiger partial charge in [0.25, 0.3) is 5.91 Å². The first-order chi connectivity index (χ1) is 11.4. The summed E-state index contributed by atoms with van der Waals surface area (Å²) in [7, 11) is 0. The quantitative estimate of drug-likeness (QED) is 0.881. The predicted molar refractivity (Wildman–Crippen MR) is 91.1 cm³/mol. The number of nitrogens with one attached hydrogen (secondary N) is 1. The Morgan fingerprint density at radius 2 is 2.00 bits per heavy atom. The molecule has 8 heteroatoms. The number of rotatable bonds is 3. The zero-order chi connectivity index (χ0) is 19.0. The van der Waals surface area contributed by atoms with Crippen LogP contribution in [-0.2, 0) is 20.0 Å². The summed E-state index contributed by atoms with van der Waals surface area (Å²) in [5.74, 6) is -1.44. The maximum Gasteiger partial charge on any atom is 0.417 e. The van der Waals surface area contributed by atoms with Gasteiger partial charge in [-0.05, 0) is 39.0 Å². The largest absolute Gasteiger partial charge is 0.443 e. The fourth-order valence-corrected chi connectivity index (χ4v) is 2.68. The van der Waals surface area contributed by atoms with Crippen LogP contribution in [0.1, 0.15) is 39.7 Å². The fourth-order valence-electron chi connectivity index (χ4n) is 2.51. The Hall–Kier alpha value is -2.15. The number of amides is 3. The number of carbonyl (C=O) groups excluding carboxylic acids is 3. The lowest BCUT2D eigenvalue weighted by Gasteiger charge is -2.27. The van der Waals surface area contributed by atoms with Gasteiger partial charge in [0.1, 0.15) is 5.60 Å². The number of fused-ring (bicyclic) bond motifs is 1. The Morgan fingerprint density at radius 3 is 2.56 bits per heavy atom. The number of alkyl halides is 1. The SMILES string of the molecule is CC(=O)N(CCC1(F)C(=O)Nc2ccc(Cl)cc21)C(=O)OC(C)(C)C. The topological polar surface area (TPSA) is 75.7 Å². The molecule has 1 aromatic carbocycles. The van der Waals surface area contributed by atoms with Crippen molar-refractivity contribution < 1.29 is 23.5 Å². The molecule has 0 spiro atoms. The number of ether oxygens (including phenoxy) is 1. The van der Waals surface area contributed by atoms with Crippen molar-refractivity contribution in [2.45, 2.75) is 45.4 Å². The van der Waals surface area contributed by atoms with Crippen LogP contribution in [0.2, 0.25) is 5.02 Å². The lowest BCUT2D eigenvalue weighted by molar-refractivity contribution is -0.132. The summed E-state index contributed by atoms with van der Waals surface area (Å²) in [5.41, 5.74) is -2.76. The van der Waals surface area contributed by atoms with E-state index in [1.807, 2.05) is 0 Å². The van der Waals surface area contributed by atoms with E-state index in [-0.39, 0.29) is 17.1 Å². The average molecular weight is 371 g/mol. The summed E-state index contributed by atoms with van der Waals surface area (Å²) in [6.45, 7) is 5.84. The molecule has 0 bridgehead atoms. The number of halogens is 2. The van der Waals surface area contributed by atoms with Crippen LogP contribution >= 0.6 is 11.6 Å². The van der Waals surface area contributed by atoms with Crippen LogP contribution in [0, 0.1) is 0 Å². The number of carbonyl (C=O) groups is 3. The van der Waals surface area contributed by atoms with Crippen molar-refractivity contribution in [1.82, 2.24) is 4.90 Å². The molecular weight excluding hydrogens is 351 g/mol. The highest BCUT2D eigenvalue weighted by Crippen LogP contribution is 2.42. The van der Waals surface area contributed by atoms with Crippen molar-refractivity contribution in [3.8, 4) is 0 Å². The van der Waals surface area contributed by atoms with E-state index >= 15 is 4.39 Å². The lowest BCUT2D eigenvalue weighted by Crippen LogP contribution is -2.43. The highest BCUT2D eigenvalue weighted by Gasteiger charge is 2.48. The van der Waals surface area contributed by atoms with Crippen LogP contribution in [0.25, 0.3) is 0 Å². The minimum Gasteiger partial charge on any atom is -0.443 e. The Morgan fingerprint density at radius 1 is 1.36 bits per heavy atom. The van der Waals surface area contributed by atoms with Crippen molar-refractivity contribution in [3.05, 3.63) is 28.8 Å². The molecule has 2 rings (SSSR count). The Bertz CT molecular complexity index is 732. The van der Waals surface area contributed by atoms with Crippen LogP contribution in [0.3, 0.4) is 0 Å². The van der Waals surface area contributed by atoms with Crippen molar-refractivity contribution in [2.24, 2.45) is 0 Å². The molecular formula is C17H20ClFN2O4. The van der Waals surface area contributed by atoms with Gasteiger partial charge in [0.2, 0.25) is 11.6 Å². The zero-order valence-corrected chi connectivity index (χ0v) is 15.2. The molecule has 0 aliphatic carbocycles. The molecule has 1 heterocycles. The second kappa shape index (κ2) is 6.63. The Balaban J connectivity index is 2.21. The molecule has 0 aromatic heterocycles. The van der Waals surface area contributed by atoms with Gasteiger partial charge in [-0.15, -0.1) is 0 Å². The standard InChI is InChI=1S/C17H20ClFN2O4/c1-10(22)21(15(24)25-16(2,3)4)8-7-17(19)12-9-11(18)5-6-13(12)20-14(17)23/h5-6,9H,7-8H2,1-4H3,(H,20,23). The summed E-state index contributed by atoms with van der Waals surface area (Å²) in [4.78, 5) is 36.7. The highest BCUT2D eigenvalue weighted by atomic mass is 35.5. The summed E-state index contributed by atoms with van der Waals surface area (Å²) < 4.78 is 20.5. The van der Waals surface area contributed by atoms with Gasteiger partial charge in [0.05, 0.1) is 0 Å². The third-order valence-electron chi connectivity index (χ3n) is 3.69. The van der Waals surface area contributed by atoms with E-state index in [0.717, 1.165) is 4.90 Å². The summed E-state index contributed by atoms with van der Waals surface area (Å²) in [6.07, 6.45) is -1.28. The van der Waals surface area contributed by atoms with E-state index in [4.69, 9.17) is 16.3 Å². The third-order valence-corrected chi connectivity index (χ3v) is 3.93. The molecule has 3 amide bonds. The smallest absolute Gasteiger partial charge is 0.417 e. The molecule has 0 radical (unpaired) electrons. The summed E-state index contributed by atoms with van der Waals surface area (Å²) in [5, 5.41) is 2.73. The molecule has 0 fully saturated rings. The van der Waals surface area contributed by atoms with Gasteiger partial charge in [0.15, 0.2) is 0 Å². The average Bonchev–Trinajstić information content (AvgIpc) is 2.69. The number of anilines is 1. The molecule has 6 nitrogen and oxygen atoms in total. The molecule has 1 aliphatic heterocycles. The molecule has 1 unspecified atom stereocenters. The first kappa shape index (κ1) is 19.2. The van der Waals surface area contributed by atoms with E-state index < -0.39 is 35.6 Å². The van der Waals surface area contributed by atoms with Crippen LogP contribution in [0.15, 0.2) is 18.2 Å². The van der Waals surface area contributed by atoms with E-state index in [1.54, 1.807) is 20.8 Å². The van der Waals surface area contributed by atoms with Gasteiger partial charge in [-0.3, -0.25) is 9.59 Å².